The van der Waals surface area contributed by atoms with Gasteiger partial charge in [-0.2, -0.15) is 0 Å². The number of furan rings is 1. The van der Waals surface area contributed by atoms with Crippen LogP contribution in [0, 0.1) is 11.7 Å². The Bertz CT molecular complexity index is 552. The molecule has 16 heavy (non-hydrogen) atoms. The minimum Gasteiger partial charge on any atom is -0.453 e. The van der Waals surface area contributed by atoms with Gasteiger partial charge >= 0.3 is 0 Å². The van der Waals surface area contributed by atoms with Gasteiger partial charge in [0.15, 0.2) is 5.76 Å². The summed E-state index contributed by atoms with van der Waals surface area (Å²) in [5.41, 5.74) is 0.573. The van der Waals surface area contributed by atoms with E-state index in [1.165, 1.54) is 12.1 Å². The predicted molar refractivity (Wildman–Crippen MR) is 57.8 cm³/mol. The summed E-state index contributed by atoms with van der Waals surface area (Å²) in [6, 6.07) is 5.92. The second kappa shape index (κ2) is 3.44. The van der Waals surface area contributed by atoms with Crippen molar-refractivity contribution >= 4 is 16.8 Å². The van der Waals surface area contributed by atoms with E-state index < -0.39 is 0 Å². The second-order valence-corrected chi connectivity index (χ2v) is 4.28. The van der Waals surface area contributed by atoms with E-state index in [9.17, 15) is 9.18 Å². The zero-order chi connectivity index (χ0) is 11.1. The van der Waals surface area contributed by atoms with Gasteiger partial charge in [-0.25, -0.2) is 4.39 Å². The minimum absolute atomic E-state index is 0.0582. The van der Waals surface area contributed by atoms with Crippen LogP contribution in [0.2, 0.25) is 0 Å². The summed E-state index contributed by atoms with van der Waals surface area (Å²) >= 11 is 0. The monoisotopic (exact) mass is 218 g/mol. The minimum atomic E-state index is -0.309. The molecular weight excluding hydrogens is 207 g/mol. The van der Waals surface area contributed by atoms with E-state index in [-0.39, 0.29) is 17.5 Å². The van der Waals surface area contributed by atoms with Crippen LogP contribution in [-0.4, -0.2) is 5.78 Å². The molecule has 3 rings (SSSR count). The first kappa shape index (κ1) is 9.58. The lowest BCUT2D eigenvalue weighted by atomic mass is 9.81. The van der Waals surface area contributed by atoms with Crippen LogP contribution in [0.25, 0.3) is 11.0 Å². The fourth-order valence-corrected chi connectivity index (χ4v) is 2.01. The van der Waals surface area contributed by atoms with Crippen LogP contribution in [0.1, 0.15) is 29.8 Å². The number of halogens is 1. The maximum Gasteiger partial charge on any atom is 0.201 e. The van der Waals surface area contributed by atoms with Crippen molar-refractivity contribution < 1.29 is 13.6 Å². The first-order valence-electron chi connectivity index (χ1n) is 5.47. The molecule has 1 fully saturated rings. The third kappa shape index (κ3) is 1.43. The number of rotatable bonds is 2. The van der Waals surface area contributed by atoms with Gasteiger partial charge in [0.2, 0.25) is 5.78 Å². The van der Waals surface area contributed by atoms with E-state index in [4.69, 9.17) is 4.42 Å². The molecule has 1 heterocycles. The van der Waals surface area contributed by atoms with Crippen molar-refractivity contribution in [2.45, 2.75) is 19.3 Å². The summed E-state index contributed by atoms with van der Waals surface area (Å²) in [6.45, 7) is 0. The summed E-state index contributed by atoms with van der Waals surface area (Å²) < 4.78 is 18.4. The third-order valence-electron chi connectivity index (χ3n) is 3.20. The van der Waals surface area contributed by atoms with Crippen LogP contribution in [0.5, 0.6) is 0 Å². The van der Waals surface area contributed by atoms with Gasteiger partial charge in [-0.1, -0.05) is 6.42 Å². The molecule has 1 aromatic carbocycles. The van der Waals surface area contributed by atoms with Gasteiger partial charge in [0.25, 0.3) is 0 Å². The number of carbonyl (C=O) groups excluding carboxylic acids is 1. The highest BCUT2D eigenvalue weighted by Crippen LogP contribution is 2.31. The first-order valence-corrected chi connectivity index (χ1v) is 5.47. The lowest BCUT2D eigenvalue weighted by Crippen LogP contribution is -2.21. The molecule has 1 aliphatic rings. The fourth-order valence-electron chi connectivity index (χ4n) is 2.01. The van der Waals surface area contributed by atoms with Gasteiger partial charge in [-0.15, -0.1) is 0 Å². The normalized spacial score (nSPS) is 16.3. The van der Waals surface area contributed by atoms with Crippen molar-refractivity contribution in [3.8, 4) is 0 Å². The van der Waals surface area contributed by atoms with E-state index in [0.29, 0.717) is 16.7 Å². The number of Topliss-reactive ketones (excluding diaryl/α,β-unsaturated/α-hetero) is 1. The number of ketones is 1. The average molecular weight is 218 g/mol. The van der Waals surface area contributed by atoms with Gasteiger partial charge in [0, 0.05) is 11.3 Å². The molecule has 0 amide bonds. The zero-order valence-corrected chi connectivity index (χ0v) is 8.70. The Morgan fingerprint density at radius 1 is 1.31 bits per heavy atom. The Kier molecular flexibility index (Phi) is 2.06. The molecule has 3 heteroatoms. The van der Waals surface area contributed by atoms with E-state index >= 15 is 0 Å². The molecule has 0 radical (unpaired) electrons. The molecule has 1 saturated carbocycles. The number of carbonyl (C=O) groups is 1. The topological polar surface area (TPSA) is 30.2 Å². The number of hydrogen-bond donors (Lipinski definition) is 0. The van der Waals surface area contributed by atoms with E-state index in [1.807, 2.05) is 0 Å². The molecule has 1 aromatic heterocycles. The maximum atomic E-state index is 13.0. The molecule has 2 aromatic rings. The first-order chi connectivity index (χ1) is 7.74. The molecule has 0 spiro atoms. The molecule has 0 unspecified atom stereocenters. The molecule has 0 N–H and O–H groups in total. The van der Waals surface area contributed by atoms with Crippen molar-refractivity contribution in [1.29, 1.82) is 0 Å². The predicted octanol–water partition coefficient (Wildman–Crippen LogP) is 3.55. The van der Waals surface area contributed by atoms with E-state index in [1.54, 1.807) is 12.1 Å². The van der Waals surface area contributed by atoms with Gasteiger partial charge in [-0.3, -0.25) is 4.79 Å². The van der Waals surface area contributed by atoms with Crippen LogP contribution < -0.4 is 0 Å². The molecule has 0 aliphatic heterocycles. The van der Waals surface area contributed by atoms with Crippen LogP contribution in [0.3, 0.4) is 0 Å². The highest BCUT2D eigenvalue weighted by atomic mass is 19.1. The fraction of sp³-hybridized carbons (Fsp3) is 0.308. The molecular formula is C13H11FO2. The molecule has 1 aliphatic carbocycles. The Labute approximate surface area is 92.1 Å². The highest BCUT2D eigenvalue weighted by Gasteiger charge is 2.28. The summed E-state index contributed by atoms with van der Waals surface area (Å²) in [5.74, 6) is 0.231. The summed E-state index contributed by atoms with van der Waals surface area (Å²) in [4.78, 5) is 11.9. The van der Waals surface area contributed by atoms with Crippen molar-refractivity contribution in [2.75, 3.05) is 0 Å². The Morgan fingerprint density at radius 3 is 2.81 bits per heavy atom. The van der Waals surface area contributed by atoms with Crippen LogP contribution in [0.4, 0.5) is 4.39 Å². The SMILES string of the molecule is O=C(c1cc2cc(F)ccc2o1)C1CCC1. The van der Waals surface area contributed by atoms with Crippen LogP contribution >= 0.6 is 0 Å². The number of fused-ring (bicyclic) bond motifs is 1. The largest absolute Gasteiger partial charge is 0.453 e. The molecule has 2 nitrogen and oxygen atoms in total. The molecule has 82 valence electrons. The van der Waals surface area contributed by atoms with Crippen LogP contribution in [-0.2, 0) is 0 Å². The second-order valence-electron chi connectivity index (χ2n) is 4.28. The quantitative estimate of drug-likeness (QED) is 0.721. The molecule has 0 saturated heterocycles. The highest BCUT2D eigenvalue weighted by molar-refractivity contribution is 5.99. The number of benzene rings is 1. The van der Waals surface area contributed by atoms with Crippen molar-refractivity contribution in [3.05, 3.63) is 35.8 Å². The van der Waals surface area contributed by atoms with Gasteiger partial charge < -0.3 is 4.42 Å². The summed E-state index contributed by atoms with van der Waals surface area (Å²) in [7, 11) is 0. The average Bonchev–Trinajstić information content (AvgIpc) is 2.57. The van der Waals surface area contributed by atoms with Crippen LogP contribution in [0.15, 0.2) is 28.7 Å². The maximum absolute atomic E-state index is 13.0. The smallest absolute Gasteiger partial charge is 0.201 e. The van der Waals surface area contributed by atoms with Gasteiger partial charge in [-0.05, 0) is 37.1 Å². The van der Waals surface area contributed by atoms with Gasteiger partial charge in [0.1, 0.15) is 11.4 Å². The number of hydrogen-bond acceptors (Lipinski definition) is 2. The Balaban J connectivity index is 2.01. The molecule has 0 bridgehead atoms. The lowest BCUT2D eigenvalue weighted by molar-refractivity contribution is 0.0828. The Hall–Kier alpha value is -1.64. The summed E-state index contributed by atoms with van der Waals surface area (Å²) in [6.07, 6.45) is 3.01. The Morgan fingerprint density at radius 2 is 2.12 bits per heavy atom. The van der Waals surface area contributed by atoms with Crippen molar-refractivity contribution in [2.24, 2.45) is 5.92 Å². The lowest BCUT2D eigenvalue weighted by Gasteiger charge is -2.22. The van der Waals surface area contributed by atoms with E-state index in [2.05, 4.69) is 0 Å². The van der Waals surface area contributed by atoms with Crippen molar-refractivity contribution in [1.82, 2.24) is 0 Å². The van der Waals surface area contributed by atoms with Gasteiger partial charge in [0.05, 0.1) is 0 Å². The third-order valence-corrected chi connectivity index (χ3v) is 3.20. The zero-order valence-electron chi connectivity index (χ0n) is 8.70. The standard InChI is InChI=1S/C13H11FO2/c14-10-4-5-11-9(6-10)7-12(16-11)13(15)8-2-1-3-8/h4-8H,1-3H2. The summed E-state index contributed by atoms with van der Waals surface area (Å²) in [5, 5.41) is 0.655. The molecule has 0 atom stereocenters. The van der Waals surface area contributed by atoms with E-state index in [0.717, 1.165) is 19.3 Å². The van der Waals surface area contributed by atoms with Crippen molar-refractivity contribution in [3.63, 3.8) is 0 Å².